The molecule has 0 aliphatic rings. The van der Waals surface area contributed by atoms with E-state index in [1.54, 1.807) is 25.3 Å². The summed E-state index contributed by atoms with van der Waals surface area (Å²) in [4.78, 5) is 25.8. The average Bonchev–Trinajstić information content (AvgIpc) is 2.75. The van der Waals surface area contributed by atoms with Crippen molar-refractivity contribution in [2.45, 2.75) is 24.0 Å². The summed E-state index contributed by atoms with van der Waals surface area (Å²) in [5.41, 5.74) is 3.01. The van der Waals surface area contributed by atoms with Crippen LogP contribution in [0.25, 0.3) is 0 Å². The SMILES string of the molecule is COc1ccccc1NC(=O)C(C)Sc1ccc(NC(=O)c2cccc(C)c2)cc1. The van der Waals surface area contributed by atoms with Crippen molar-refractivity contribution in [3.05, 3.63) is 83.9 Å². The van der Waals surface area contributed by atoms with Crippen LogP contribution in [0.2, 0.25) is 0 Å². The Morgan fingerprint density at radius 2 is 1.67 bits per heavy atom. The lowest BCUT2D eigenvalue weighted by Crippen LogP contribution is -2.22. The standard InChI is InChI=1S/C24H24N2O3S/c1-16-7-6-8-18(15-16)24(28)25-19-11-13-20(14-12-19)30-17(2)23(27)26-21-9-4-5-10-22(21)29-3/h4-15,17H,1-3H3,(H,25,28)(H,26,27). The number of nitrogens with one attached hydrogen (secondary N) is 2. The third-order valence-corrected chi connectivity index (χ3v) is 5.55. The number of hydrogen-bond acceptors (Lipinski definition) is 4. The molecule has 0 fully saturated rings. The Hall–Kier alpha value is -3.25. The number of anilines is 2. The van der Waals surface area contributed by atoms with Crippen molar-refractivity contribution in [1.82, 2.24) is 0 Å². The molecular weight excluding hydrogens is 396 g/mol. The molecule has 3 rings (SSSR count). The van der Waals surface area contributed by atoms with Gasteiger partial charge in [-0.3, -0.25) is 9.59 Å². The molecule has 0 saturated carbocycles. The Labute approximate surface area is 180 Å². The van der Waals surface area contributed by atoms with Gasteiger partial charge in [0, 0.05) is 16.1 Å². The number of thioether (sulfide) groups is 1. The van der Waals surface area contributed by atoms with Crippen molar-refractivity contribution in [3.63, 3.8) is 0 Å². The highest BCUT2D eigenvalue weighted by Gasteiger charge is 2.16. The first-order valence-corrected chi connectivity index (χ1v) is 10.4. The van der Waals surface area contributed by atoms with Gasteiger partial charge in [0.1, 0.15) is 5.75 Å². The molecule has 3 aromatic rings. The highest BCUT2D eigenvalue weighted by Crippen LogP contribution is 2.28. The van der Waals surface area contributed by atoms with E-state index in [0.717, 1.165) is 10.5 Å². The maximum atomic E-state index is 12.5. The Bertz CT molecular complexity index is 1030. The number of amides is 2. The Morgan fingerprint density at radius 3 is 2.37 bits per heavy atom. The van der Waals surface area contributed by atoms with Gasteiger partial charge in [-0.25, -0.2) is 0 Å². The van der Waals surface area contributed by atoms with Gasteiger partial charge in [-0.05, 0) is 62.4 Å². The van der Waals surface area contributed by atoms with E-state index in [-0.39, 0.29) is 17.1 Å². The minimum Gasteiger partial charge on any atom is -0.495 e. The molecule has 0 bridgehead atoms. The van der Waals surface area contributed by atoms with Gasteiger partial charge in [0.25, 0.3) is 5.91 Å². The molecule has 2 amide bonds. The number of para-hydroxylation sites is 2. The van der Waals surface area contributed by atoms with Crippen molar-refractivity contribution >= 4 is 35.0 Å². The summed E-state index contributed by atoms with van der Waals surface area (Å²) in [6, 6.07) is 22.2. The molecule has 6 heteroatoms. The molecule has 0 radical (unpaired) electrons. The number of carbonyl (C=O) groups is 2. The summed E-state index contributed by atoms with van der Waals surface area (Å²) in [6.07, 6.45) is 0. The number of hydrogen-bond donors (Lipinski definition) is 2. The van der Waals surface area contributed by atoms with Crippen molar-refractivity contribution in [3.8, 4) is 5.75 Å². The Morgan fingerprint density at radius 1 is 0.933 bits per heavy atom. The summed E-state index contributed by atoms with van der Waals surface area (Å²) in [5.74, 6) is 0.363. The van der Waals surface area contributed by atoms with Gasteiger partial charge in [0.15, 0.2) is 0 Å². The summed E-state index contributed by atoms with van der Waals surface area (Å²) in [5, 5.41) is 5.49. The van der Waals surface area contributed by atoms with Crippen LogP contribution in [0.4, 0.5) is 11.4 Å². The predicted molar refractivity (Wildman–Crippen MR) is 123 cm³/mol. The first kappa shape index (κ1) is 21.5. The van der Waals surface area contributed by atoms with E-state index in [9.17, 15) is 9.59 Å². The van der Waals surface area contributed by atoms with Gasteiger partial charge in [-0.1, -0.05) is 29.8 Å². The van der Waals surface area contributed by atoms with Crippen LogP contribution >= 0.6 is 11.8 Å². The molecule has 5 nitrogen and oxygen atoms in total. The van der Waals surface area contributed by atoms with Crippen molar-refractivity contribution < 1.29 is 14.3 Å². The first-order chi connectivity index (χ1) is 14.5. The third kappa shape index (κ3) is 5.64. The zero-order valence-corrected chi connectivity index (χ0v) is 18.0. The fourth-order valence-electron chi connectivity index (χ4n) is 2.85. The lowest BCUT2D eigenvalue weighted by Gasteiger charge is -2.14. The lowest BCUT2D eigenvalue weighted by molar-refractivity contribution is -0.115. The second-order valence-corrected chi connectivity index (χ2v) is 8.21. The topological polar surface area (TPSA) is 67.4 Å². The van der Waals surface area contributed by atoms with Crippen LogP contribution in [0.5, 0.6) is 5.75 Å². The fraction of sp³-hybridized carbons (Fsp3) is 0.167. The molecule has 1 unspecified atom stereocenters. The number of ether oxygens (including phenoxy) is 1. The highest BCUT2D eigenvalue weighted by molar-refractivity contribution is 8.00. The molecule has 1 atom stereocenters. The molecule has 154 valence electrons. The number of methoxy groups -OCH3 is 1. The van der Waals surface area contributed by atoms with Crippen LogP contribution in [-0.2, 0) is 4.79 Å². The van der Waals surface area contributed by atoms with Crippen LogP contribution < -0.4 is 15.4 Å². The van der Waals surface area contributed by atoms with E-state index >= 15 is 0 Å². The summed E-state index contributed by atoms with van der Waals surface area (Å²) in [6.45, 7) is 3.80. The van der Waals surface area contributed by atoms with Crippen LogP contribution in [-0.4, -0.2) is 24.2 Å². The second kappa shape index (κ2) is 9.98. The van der Waals surface area contributed by atoms with E-state index < -0.39 is 0 Å². The number of benzene rings is 3. The Balaban J connectivity index is 1.58. The monoisotopic (exact) mass is 420 g/mol. The highest BCUT2D eigenvalue weighted by atomic mass is 32.2. The van der Waals surface area contributed by atoms with Crippen molar-refractivity contribution in [1.29, 1.82) is 0 Å². The largest absolute Gasteiger partial charge is 0.495 e. The third-order valence-electron chi connectivity index (χ3n) is 4.44. The lowest BCUT2D eigenvalue weighted by atomic mass is 10.1. The normalized spacial score (nSPS) is 11.4. The molecule has 0 aromatic heterocycles. The van der Waals surface area contributed by atoms with Crippen LogP contribution in [0.15, 0.2) is 77.7 Å². The molecular formula is C24H24N2O3S. The van der Waals surface area contributed by atoms with Crippen molar-refractivity contribution in [2.24, 2.45) is 0 Å². The van der Waals surface area contributed by atoms with E-state index in [2.05, 4.69) is 10.6 Å². The van der Waals surface area contributed by atoms with Gasteiger partial charge in [0.2, 0.25) is 5.91 Å². The maximum absolute atomic E-state index is 12.5. The second-order valence-electron chi connectivity index (χ2n) is 6.80. The summed E-state index contributed by atoms with van der Waals surface area (Å²) < 4.78 is 5.27. The van der Waals surface area contributed by atoms with Gasteiger partial charge >= 0.3 is 0 Å². The summed E-state index contributed by atoms with van der Waals surface area (Å²) >= 11 is 1.44. The van der Waals surface area contributed by atoms with Gasteiger partial charge in [0.05, 0.1) is 18.0 Å². The zero-order chi connectivity index (χ0) is 21.5. The number of carbonyl (C=O) groups excluding carboxylic acids is 2. The molecule has 0 aliphatic heterocycles. The molecule has 0 spiro atoms. The number of rotatable bonds is 7. The molecule has 0 saturated heterocycles. The quantitative estimate of drug-likeness (QED) is 0.504. The molecule has 0 aliphatic carbocycles. The fourth-order valence-corrected chi connectivity index (χ4v) is 3.71. The van der Waals surface area contributed by atoms with Crippen LogP contribution in [0, 0.1) is 6.92 Å². The van der Waals surface area contributed by atoms with Gasteiger partial charge in [-0.15, -0.1) is 11.8 Å². The van der Waals surface area contributed by atoms with Crippen molar-refractivity contribution in [2.75, 3.05) is 17.7 Å². The van der Waals surface area contributed by atoms with Gasteiger partial charge in [-0.2, -0.15) is 0 Å². The molecule has 3 aromatic carbocycles. The van der Waals surface area contributed by atoms with E-state index in [0.29, 0.717) is 22.7 Å². The van der Waals surface area contributed by atoms with E-state index in [4.69, 9.17) is 4.74 Å². The first-order valence-electron chi connectivity index (χ1n) is 9.55. The van der Waals surface area contributed by atoms with E-state index in [1.165, 1.54) is 11.8 Å². The van der Waals surface area contributed by atoms with E-state index in [1.807, 2.05) is 68.4 Å². The summed E-state index contributed by atoms with van der Waals surface area (Å²) in [7, 11) is 1.57. The molecule has 30 heavy (non-hydrogen) atoms. The molecule has 2 N–H and O–H groups in total. The zero-order valence-electron chi connectivity index (χ0n) is 17.1. The predicted octanol–water partition coefficient (Wildman–Crippen LogP) is 5.38. The van der Waals surface area contributed by atoms with Crippen LogP contribution in [0.3, 0.4) is 0 Å². The smallest absolute Gasteiger partial charge is 0.255 e. The maximum Gasteiger partial charge on any atom is 0.255 e. The minimum absolute atomic E-state index is 0.110. The average molecular weight is 421 g/mol. The van der Waals surface area contributed by atoms with Crippen LogP contribution in [0.1, 0.15) is 22.8 Å². The number of aryl methyl sites for hydroxylation is 1. The minimum atomic E-state index is -0.303. The van der Waals surface area contributed by atoms with Gasteiger partial charge < -0.3 is 15.4 Å². The molecule has 0 heterocycles. The Kier molecular flexibility index (Phi) is 7.14.